The number of carbonyl (C=O) groups excluding carboxylic acids is 2. The Morgan fingerprint density at radius 1 is 1.04 bits per heavy atom. The summed E-state index contributed by atoms with van der Waals surface area (Å²) in [6.45, 7) is 11.5. The SMILES string of the molecule is C[C@@H]1CCCC[C@H]1NC(=O)N1CCN(CC(=O)NC(C)(C)C)CC1. The molecule has 2 atom stereocenters. The Balaban J connectivity index is 1.72. The van der Waals surface area contributed by atoms with Crippen molar-refractivity contribution in [2.45, 2.75) is 65.0 Å². The van der Waals surface area contributed by atoms with Gasteiger partial charge in [-0.1, -0.05) is 19.8 Å². The van der Waals surface area contributed by atoms with Gasteiger partial charge in [-0.3, -0.25) is 9.69 Å². The average Bonchev–Trinajstić information content (AvgIpc) is 2.48. The molecule has 0 radical (unpaired) electrons. The van der Waals surface area contributed by atoms with E-state index in [-0.39, 0.29) is 17.5 Å². The van der Waals surface area contributed by atoms with E-state index < -0.39 is 0 Å². The number of urea groups is 1. The van der Waals surface area contributed by atoms with Crippen LogP contribution < -0.4 is 10.6 Å². The summed E-state index contributed by atoms with van der Waals surface area (Å²) in [7, 11) is 0. The molecule has 0 aromatic rings. The highest BCUT2D eigenvalue weighted by atomic mass is 16.2. The monoisotopic (exact) mass is 338 g/mol. The van der Waals surface area contributed by atoms with Gasteiger partial charge in [-0.15, -0.1) is 0 Å². The topological polar surface area (TPSA) is 64.7 Å². The van der Waals surface area contributed by atoms with Gasteiger partial charge in [0.15, 0.2) is 0 Å². The molecular weight excluding hydrogens is 304 g/mol. The van der Waals surface area contributed by atoms with Gasteiger partial charge < -0.3 is 15.5 Å². The van der Waals surface area contributed by atoms with E-state index in [1.165, 1.54) is 19.3 Å². The molecule has 0 bridgehead atoms. The molecule has 0 aromatic carbocycles. The molecule has 1 saturated carbocycles. The summed E-state index contributed by atoms with van der Waals surface area (Å²) in [6, 6.07) is 0.384. The van der Waals surface area contributed by atoms with Crippen LogP contribution in [-0.4, -0.2) is 66.0 Å². The highest BCUT2D eigenvalue weighted by Gasteiger charge is 2.27. The van der Waals surface area contributed by atoms with Crippen LogP contribution in [0.2, 0.25) is 0 Å². The van der Waals surface area contributed by atoms with Gasteiger partial charge in [0.05, 0.1) is 6.54 Å². The van der Waals surface area contributed by atoms with Crippen LogP contribution in [0.15, 0.2) is 0 Å². The van der Waals surface area contributed by atoms with E-state index in [2.05, 4.69) is 22.5 Å². The number of nitrogens with zero attached hydrogens (tertiary/aromatic N) is 2. The Labute approximate surface area is 146 Å². The summed E-state index contributed by atoms with van der Waals surface area (Å²) in [4.78, 5) is 28.4. The number of carbonyl (C=O) groups is 2. The van der Waals surface area contributed by atoms with Crippen LogP contribution >= 0.6 is 0 Å². The maximum absolute atomic E-state index is 12.4. The lowest BCUT2D eigenvalue weighted by atomic mass is 9.86. The predicted molar refractivity (Wildman–Crippen MR) is 95.9 cm³/mol. The standard InChI is InChI=1S/C18H34N4O2/c1-14-7-5-6-8-15(14)19-17(24)22-11-9-21(10-12-22)13-16(23)20-18(2,3)4/h14-15H,5-13H2,1-4H3,(H,19,24)(H,20,23)/t14-,15-/m1/s1. The first kappa shape index (κ1) is 19.0. The number of hydrogen-bond acceptors (Lipinski definition) is 3. The molecule has 0 unspecified atom stereocenters. The van der Waals surface area contributed by atoms with Crippen molar-refractivity contribution in [3.63, 3.8) is 0 Å². The Hall–Kier alpha value is -1.30. The molecule has 6 nitrogen and oxygen atoms in total. The summed E-state index contributed by atoms with van der Waals surface area (Å²) in [6.07, 6.45) is 4.80. The number of rotatable bonds is 3. The molecule has 3 amide bonds. The summed E-state index contributed by atoms with van der Waals surface area (Å²) in [5, 5.41) is 6.20. The first-order chi connectivity index (χ1) is 11.2. The van der Waals surface area contributed by atoms with Gasteiger partial charge in [0.25, 0.3) is 0 Å². The lowest BCUT2D eigenvalue weighted by Gasteiger charge is -2.37. The molecule has 2 rings (SSSR count). The van der Waals surface area contributed by atoms with Gasteiger partial charge >= 0.3 is 6.03 Å². The van der Waals surface area contributed by atoms with E-state index in [1.54, 1.807) is 0 Å². The number of piperazine rings is 1. The van der Waals surface area contributed by atoms with Gasteiger partial charge in [0.1, 0.15) is 0 Å². The van der Waals surface area contributed by atoms with Gasteiger partial charge in [-0.05, 0) is 39.5 Å². The van der Waals surface area contributed by atoms with Gasteiger partial charge in [-0.2, -0.15) is 0 Å². The quantitative estimate of drug-likeness (QED) is 0.825. The first-order valence-electron chi connectivity index (χ1n) is 9.33. The zero-order chi connectivity index (χ0) is 17.7. The summed E-state index contributed by atoms with van der Waals surface area (Å²) in [5.74, 6) is 0.626. The summed E-state index contributed by atoms with van der Waals surface area (Å²) < 4.78 is 0. The number of hydrogen-bond donors (Lipinski definition) is 2. The highest BCUT2D eigenvalue weighted by molar-refractivity contribution is 5.79. The van der Waals surface area contributed by atoms with E-state index in [9.17, 15) is 9.59 Å². The van der Waals surface area contributed by atoms with Crippen molar-refractivity contribution in [1.29, 1.82) is 0 Å². The molecule has 1 aliphatic heterocycles. The van der Waals surface area contributed by atoms with Crippen molar-refractivity contribution in [1.82, 2.24) is 20.4 Å². The molecule has 2 N–H and O–H groups in total. The summed E-state index contributed by atoms with van der Waals surface area (Å²) >= 11 is 0. The second-order valence-electron chi connectivity index (χ2n) is 8.38. The largest absolute Gasteiger partial charge is 0.350 e. The van der Waals surface area contributed by atoms with E-state index in [0.29, 0.717) is 31.6 Å². The Kier molecular flexibility index (Phi) is 6.49. The molecule has 1 saturated heterocycles. The van der Waals surface area contributed by atoms with E-state index in [1.807, 2.05) is 25.7 Å². The Morgan fingerprint density at radius 2 is 1.67 bits per heavy atom. The molecule has 2 fully saturated rings. The van der Waals surface area contributed by atoms with Crippen LogP contribution in [0.1, 0.15) is 53.4 Å². The first-order valence-corrected chi connectivity index (χ1v) is 9.33. The number of amides is 3. The molecule has 138 valence electrons. The maximum atomic E-state index is 12.4. The zero-order valence-electron chi connectivity index (χ0n) is 15.7. The molecule has 24 heavy (non-hydrogen) atoms. The second-order valence-corrected chi connectivity index (χ2v) is 8.38. The number of nitrogens with one attached hydrogen (secondary N) is 2. The summed E-state index contributed by atoms with van der Waals surface area (Å²) in [5.41, 5.74) is -0.199. The van der Waals surface area contributed by atoms with Crippen LogP contribution in [0.3, 0.4) is 0 Å². The van der Waals surface area contributed by atoms with Gasteiger partial charge in [0.2, 0.25) is 5.91 Å². The minimum absolute atomic E-state index is 0.0523. The second kappa shape index (κ2) is 8.19. The third kappa shape index (κ3) is 5.96. The fourth-order valence-electron chi connectivity index (χ4n) is 3.55. The normalized spacial score (nSPS) is 26.1. The minimum Gasteiger partial charge on any atom is -0.350 e. The molecule has 2 aliphatic rings. The fourth-order valence-corrected chi connectivity index (χ4v) is 3.55. The molecule has 0 spiro atoms. The Bertz CT molecular complexity index is 439. The Morgan fingerprint density at radius 3 is 2.25 bits per heavy atom. The highest BCUT2D eigenvalue weighted by Crippen LogP contribution is 2.23. The van der Waals surface area contributed by atoms with Crippen LogP contribution in [0.5, 0.6) is 0 Å². The van der Waals surface area contributed by atoms with Gasteiger partial charge in [0, 0.05) is 37.8 Å². The van der Waals surface area contributed by atoms with E-state index >= 15 is 0 Å². The molecule has 1 heterocycles. The van der Waals surface area contributed by atoms with Crippen molar-refractivity contribution in [2.24, 2.45) is 5.92 Å². The van der Waals surface area contributed by atoms with Crippen molar-refractivity contribution in [3.05, 3.63) is 0 Å². The molecule has 1 aliphatic carbocycles. The van der Waals surface area contributed by atoms with Crippen molar-refractivity contribution >= 4 is 11.9 Å². The average molecular weight is 338 g/mol. The van der Waals surface area contributed by atoms with E-state index in [4.69, 9.17) is 0 Å². The minimum atomic E-state index is -0.199. The molecular formula is C18H34N4O2. The van der Waals surface area contributed by atoms with Gasteiger partial charge in [-0.25, -0.2) is 4.79 Å². The maximum Gasteiger partial charge on any atom is 0.317 e. The van der Waals surface area contributed by atoms with Crippen molar-refractivity contribution in [3.8, 4) is 0 Å². The van der Waals surface area contributed by atoms with Crippen LogP contribution in [-0.2, 0) is 4.79 Å². The van der Waals surface area contributed by atoms with Crippen LogP contribution in [0.4, 0.5) is 4.79 Å². The molecule has 0 aromatic heterocycles. The smallest absolute Gasteiger partial charge is 0.317 e. The predicted octanol–water partition coefficient (Wildman–Crippen LogP) is 1.81. The van der Waals surface area contributed by atoms with Crippen LogP contribution in [0.25, 0.3) is 0 Å². The lowest BCUT2D eigenvalue weighted by molar-refractivity contribution is -0.124. The van der Waals surface area contributed by atoms with Crippen LogP contribution in [0, 0.1) is 5.92 Å². The fraction of sp³-hybridized carbons (Fsp3) is 0.889. The van der Waals surface area contributed by atoms with Crippen molar-refractivity contribution in [2.75, 3.05) is 32.7 Å². The zero-order valence-corrected chi connectivity index (χ0v) is 15.7. The van der Waals surface area contributed by atoms with E-state index in [0.717, 1.165) is 19.5 Å². The van der Waals surface area contributed by atoms with Crippen molar-refractivity contribution < 1.29 is 9.59 Å². The lowest BCUT2D eigenvalue weighted by Crippen LogP contribution is -2.56. The third-order valence-corrected chi connectivity index (χ3v) is 4.96. The third-order valence-electron chi connectivity index (χ3n) is 4.96. The molecule has 6 heteroatoms.